The van der Waals surface area contributed by atoms with Gasteiger partial charge in [0.25, 0.3) is 0 Å². The smallest absolute Gasteiger partial charge is 0.348 e. The molecule has 0 bridgehead atoms. The molecule has 0 aliphatic rings. The third-order valence-electron chi connectivity index (χ3n) is 2.96. The highest BCUT2D eigenvalue weighted by atomic mass is 16.5. The maximum atomic E-state index is 11.6. The standard InChI is InChI=1S/C15H20N2O2/c1-6-19-15(18)14(9-16)8-13-7-11(4)17(10(2)3)12(13)5/h7-8,10H,6H2,1-5H3/b14-8-. The molecule has 1 rings (SSSR count). The molecule has 0 saturated carbocycles. The van der Waals surface area contributed by atoms with Gasteiger partial charge in [0.05, 0.1) is 6.61 Å². The van der Waals surface area contributed by atoms with E-state index in [-0.39, 0.29) is 12.2 Å². The molecule has 0 saturated heterocycles. The van der Waals surface area contributed by atoms with Gasteiger partial charge in [-0.05, 0) is 52.3 Å². The van der Waals surface area contributed by atoms with Crippen molar-refractivity contribution >= 4 is 12.0 Å². The summed E-state index contributed by atoms with van der Waals surface area (Å²) in [6.45, 7) is 10.2. The van der Waals surface area contributed by atoms with Crippen molar-refractivity contribution in [1.29, 1.82) is 5.26 Å². The first-order valence-electron chi connectivity index (χ1n) is 6.39. The Balaban J connectivity index is 3.21. The largest absolute Gasteiger partial charge is 0.462 e. The number of esters is 1. The first kappa shape index (κ1) is 15.0. The monoisotopic (exact) mass is 260 g/mol. The highest BCUT2D eigenvalue weighted by molar-refractivity contribution is 5.98. The van der Waals surface area contributed by atoms with Crippen molar-refractivity contribution in [3.63, 3.8) is 0 Å². The molecule has 0 aromatic carbocycles. The average molecular weight is 260 g/mol. The van der Waals surface area contributed by atoms with Crippen LogP contribution in [0, 0.1) is 25.2 Å². The lowest BCUT2D eigenvalue weighted by molar-refractivity contribution is -0.137. The van der Waals surface area contributed by atoms with Crippen LogP contribution in [-0.2, 0) is 9.53 Å². The van der Waals surface area contributed by atoms with Gasteiger partial charge in [0.15, 0.2) is 0 Å². The molecule has 0 N–H and O–H groups in total. The van der Waals surface area contributed by atoms with Crippen molar-refractivity contribution in [1.82, 2.24) is 4.57 Å². The van der Waals surface area contributed by atoms with Gasteiger partial charge in [0.1, 0.15) is 11.6 Å². The zero-order valence-electron chi connectivity index (χ0n) is 12.2. The maximum Gasteiger partial charge on any atom is 0.348 e. The van der Waals surface area contributed by atoms with Gasteiger partial charge in [-0.3, -0.25) is 0 Å². The number of nitriles is 1. The Morgan fingerprint density at radius 1 is 1.53 bits per heavy atom. The van der Waals surface area contributed by atoms with Crippen LogP contribution in [0.15, 0.2) is 11.6 Å². The Hall–Kier alpha value is -2.02. The van der Waals surface area contributed by atoms with Crippen LogP contribution in [-0.4, -0.2) is 17.1 Å². The van der Waals surface area contributed by atoms with Crippen molar-refractivity contribution in [2.24, 2.45) is 0 Å². The lowest BCUT2D eigenvalue weighted by Gasteiger charge is -2.13. The molecule has 0 amide bonds. The van der Waals surface area contributed by atoms with Gasteiger partial charge in [-0.25, -0.2) is 4.79 Å². The molecule has 0 aliphatic carbocycles. The quantitative estimate of drug-likeness (QED) is 0.474. The van der Waals surface area contributed by atoms with Crippen molar-refractivity contribution in [2.75, 3.05) is 6.61 Å². The summed E-state index contributed by atoms with van der Waals surface area (Å²) in [6, 6.07) is 4.22. The number of hydrogen-bond donors (Lipinski definition) is 0. The minimum atomic E-state index is -0.570. The lowest BCUT2D eigenvalue weighted by Crippen LogP contribution is -2.06. The van der Waals surface area contributed by atoms with Gasteiger partial charge in [-0.1, -0.05) is 0 Å². The lowest BCUT2D eigenvalue weighted by atomic mass is 10.1. The maximum absolute atomic E-state index is 11.6. The van der Waals surface area contributed by atoms with Gasteiger partial charge >= 0.3 is 5.97 Å². The van der Waals surface area contributed by atoms with Crippen LogP contribution in [0.1, 0.15) is 43.8 Å². The summed E-state index contributed by atoms with van der Waals surface area (Å²) in [5.41, 5.74) is 3.08. The minimum absolute atomic E-state index is 0.0332. The third-order valence-corrected chi connectivity index (χ3v) is 2.96. The number of aromatic nitrogens is 1. The topological polar surface area (TPSA) is 55.0 Å². The van der Waals surface area contributed by atoms with Gasteiger partial charge in [0.2, 0.25) is 0 Å². The molecular formula is C15H20N2O2. The molecule has 0 atom stereocenters. The van der Waals surface area contributed by atoms with E-state index in [4.69, 9.17) is 10.00 Å². The number of aryl methyl sites for hydroxylation is 1. The normalized spacial score (nSPS) is 11.5. The molecule has 0 spiro atoms. The van der Waals surface area contributed by atoms with E-state index in [2.05, 4.69) is 18.4 Å². The van der Waals surface area contributed by atoms with Crippen molar-refractivity contribution in [2.45, 2.75) is 40.7 Å². The number of nitrogens with zero attached hydrogens (tertiary/aromatic N) is 2. The number of carbonyl (C=O) groups is 1. The van der Waals surface area contributed by atoms with Crippen LogP contribution in [0.25, 0.3) is 6.08 Å². The average Bonchev–Trinajstić information content (AvgIpc) is 2.61. The highest BCUT2D eigenvalue weighted by Gasteiger charge is 2.14. The molecule has 1 aromatic heterocycles. The van der Waals surface area contributed by atoms with E-state index in [9.17, 15) is 4.79 Å². The predicted molar refractivity (Wildman–Crippen MR) is 74.5 cm³/mol. The summed E-state index contributed by atoms with van der Waals surface area (Å²) in [7, 11) is 0. The fourth-order valence-electron chi connectivity index (χ4n) is 2.24. The minimum Gasteiger partial charge on any atom is -0.462 e. The van der Waals surface area contributed by atoms with E-state index >= 15 is 0 Å². The Kier molecular flexibility index (Phi) is 4.94. The van der Waals surface area contributed by atoms with E-state index in [0.717, 1.165) is 17.0 Å². The molecule has 1 aromatic rings. The summed E-state index contributed by atoms with van der Waals surface area (Å²) in [4.78, 5) is 11.6. The molecule has 0 unspecified atom stereocenters. The van der Waals surface area contributed by atoms with Gasteiger partial charge < -0.3 is 9.30 Å². The fraction of sp³-hybridized carbons (Fsp3) is 0.467. The molecule has 0 aliphatic heterocycles. The number of ether oxygens (including phenoxy) is 1. The van der Waals surface area contributed by atoms with Crippen molar-refractivity contribution in [3.05, 3.63) is 28.6 Å². The van der Waals surface area contributed by atoms with Gasteiger partial charge in [-0.2, -0.15) is 5.26 Å². The Morgan fingerprint density at radius 3 is 2.58 bits per heavy atom. The van der Waals surface area contributed by atoms with Crippen molar-refractivity contribution < 1.29 is 9.53 Å². The second-order valence-corrected chi connectivity index (χ2v) is 4.68. The van der Waals surface area contributed by atoms with Gasteiger partial charge in [0, 0.05) is 17.4 Å². The fourth-order valence-corrected chi connectivity index (χ4v) is 2.24. The van der Waals surface area contributed by atoms with E-state index < -0.39 is 5.97 Å². The number of rotatable bonds is 4. The number of hydrogen-bond acceptors (Lipinski definition) is 3. The third kappa shape index (κ3) is 3.25. The summed E-state index contributed by atoms with van der Waals surface area (Å²) >= 11 is 0. The summed E-state index contributed by atoms with van der Waals surface area (Å²) in [5, 5.41) is 9.03. The predicted octanol–water partition coefficient (Wildman–Crippen LogP) is 3.16. The van der Waals surface area contributed by atoms with Crippen LogP contribution in [0.2, 0.25) is 0 Å². The Bertz CT molecular complexity index is 545. The van der Waals surface area contributed by atoms with Crippen LogP contribution in [0.3, 0.4) is 0 Å². The first-order valence-corrected chi connectivity index (χ1v) is 6.39. The van der Waals surface area contributed by atoms with E-state index in [1.54, 1.807) is 13.0 Å². The highest BCUT2D eigenvalue weighted by Crippen LogP contribution is 2.22. The molecule has 0 radical (unpaired) electrons. The van der Waals surface area contributed by atoms with Crippen LogP contribution in [0.5, 0.6) is 0 Å². The SMILES string of the molecule is CCOC(=O)/C(C#N)=C\c1cc(C)n(C(C)C)c1C. The Morgan fingerprint density at radius 2 is 2.16 bits per heavy atom. The second kappa shape index (κ2) is 6.24. The molecular weight excluding hydrogens is 240 g/mol. The van der Waals surface area contributed by atoms with E-state index in [1.807, 2.05) is 26.0 Å². The van der Waals surface area contributed by atoms with E-state index in [0.29, 0.717) is 6.04 Å². The summed E-state index contributed by atoms with van der Waals surface area (Å²) in [6.07, 6.45) is 1.60. The zero-order valence-corrected chi connectivity index (χ0v) is 12.2. The summed E-state index contributed by atoms with van der Waals surface area (Å²) in [5.74, 6) is -0.570. The van der Waals surface area contributed by atoms with Gasteiger partial charge in [-0.15, -0.1) is 0 Å². The number of carbonyl (C=O) groups excluding carboxylic acids is 1. The molecule has 1 heterocycles. The zero-order chi connectivity index (χ0) is 14.6. The van der Waals surface area contributed by atoms with E-state index in [1.165, 1.54) is 0 Å². The molecule has 4 nitrogen and oxygen atoms in total. The van der Waals surface area contributed by atoms with Crippen LogP contribution >= 0.6 is 0 Å². The molecule has 0 fully saturated rings. The molecule has 19 heavy (non-hydrogen) atoms. The first-order chi connectivity index (χ1) is 8.92. The molecule has 102 valence electrons. The summed E-state index contributed by atoms with van der Waals surface area (Å²) < 4.78 is 7.03. The van der Waals surface area contributed by atoms with Crippen LogP contribution < -0.4 is 0 Å². The molecule has 4 heteroatoms. The van der Waals surface area contributed by atoms with Crippen LogP contribution in [0.4, 0.5) is 0 Å². The second-order valence-electron chi connectivity index (χ2n) is 4.68. The Labute approximate surface area is 114 Å². The van der Waals surface area contributed by atoms with Crippen molar-refractivity contribution in [3.8, 4) is 6.07 Å².